The number of sulfonamides is 1. The fourth-order valence-corrected chi connectivity index (χ4v) is 4.20. The van der Waals surface area contributed by atoms with Gasteiger partial charge in [-0.25, -0.2) is 23.1 Å². The lowest BCUT2D eigenvalue weighted by Gasteiger charge is -2.13. The van der Waals surface area contributed by atoms with E-state index in [1.807, 2.05) is 13.8 Å². The molecule has 0 aliphatic carbocycles. The Hall–Kier alpha value is -1.51. The van der Waals surface area contributed by atoms with Crippen molar-refractivity contribution in [3.05, 3.63) is 33.9 Å². The molecule has 0 spiro atoms. The Kier molecular flexibility index (Phi) is 4.07. The molecule has 0 fully saturated rings. The van der Waals surface area contributed by atoms with Gasteiger partial charge in [0.2, 0.25) is 0 Å². The van der Waals surface area contributed by atoms with Crippen molar-refractivity contribution in [2.24, 2.45) is 0 Å². The Bertz CT molecular complexity index is 725. The number of anilines is 1. The van der Waals surface area contributed by atoms with Gasteiger partial charge in [0, 0.05) is 11.1 Å². The third-order valence-electron chi connectivity index (χ3n) is 2.72. The Labute approximate surface area is 122 Å². The van der Waals surface area contributed by atoms with Crippen LogP contribution in [-0.2, 0) is 10.0 Å². The van der Waals surface area contributed by atoms with Gasteiger partial charge in [0.05, 0.1) is 22.4 Å². The van der Waals surface area contributed by atoms with Gasteiger partial charge in [-0.15, -0.1) is 11.3 Å². The van der Waals surface area contributed by atoms with Gasteiger partial charge in [0.1, 0.15) is 0 Å². The van der Waals surface area contributed by atoms with E-state index in [1.165, 1.54) is 23.6 Å². The topological polar surface area (TPSA) is 98.0 Å². The fourth-order valence-electron chi connectivity index (χ4n) is 1.92. The highest BCUT2D eigenvalue weighted by molar-refractivity contribution is 7.89. The van der Waals surface area contributed by atoms with E-state index in [1.54, 1.807) is 13.0 Å². The van der Waals surface area contributed by atoms with Crippen LogP contribution in [0.5, 0.6) is 0 Å². The van der Waals surface area contributed by atoms with Crippen LogP contribution >= 0.6 is 11.3 Å². The second kappa shape index (κ2) is 5.47. The first-order valence-electron chi connectivity index (χ1n) is 5.98. The minimum Gasteiger partial charge on any atom is -0.396 e. The van der Waals surface area contributed by atoms with Gasteiger partial charge < -0.3 is 5.73 Å². The molecule has 2 heterocycles. The molecule has 108 valence electrons. The molecule has 8 heteroatoms. The van der Waals surface area contributed by atoms with Crippen molar-refractivity contribution >= 4 is 27.0 Å². The number of nitrogens with zero attached hydrogens (tertiary/aromatic N) is 2. The molecule has 0 saturated carbocycles. The van der Waals surface area contributed by atoms with Crippen LogP contribution in [0.15, 0.2) is 23.4 Å². The Morgan fingerprint density at radius 2 is 2.10 bits per heavy atom. The van der Waals surface area contributed by atoms with Crippen LogP contribution in [0.4, 0.5) is 5.69 Å². The average Bonchev–Trinajstić information content (AvgIpc) is 2.68. The van der Waals surface area contributed by atoms with Crippen LogP contribution < -0.4 is 10.5 Å². The maximum absolute atomic E-state index is 12.3. The first-order chi connectivity index (χ1) is 9.31. The minimum atomic E-state index is -3.75. The van der Waals surface area contributed by atoms with E-state index in [2.05, 4.69) is 14.7 Å². The molecule has 0 aliphatic heterocycles. The quantitative estimate of drug-likeness (QED) is 0.896. The number of hydrogen-bond acceptors (Lipinski definition) is 6. The number of rotatable bonds is 4. The van der Waals surface area contributed by atoms with E-state index in [0.29, 0.717) is 0 Å². The Balaban J connectivity index is 2.29. The van der Waals surface area contributed by atoms with Gasteiger partial charge >= 0.3 is 0 Å². The number of aryl methyl sites for hydroxylation is 2. The first-order valence-corrected chi connectivity index (χ1v) is 8.28. The summed E-state index contributed by atoms with van der Waals surface area (Å²) in [5.41, 5.74) is 6.62. The predicted octanol–water partition coefficient (Wildman–Crippen LogP) is 1.78. The molecular weight excluding hydrogens is 296 g/mol. The number of pyridine rings is 1. The van der Waals surface area contributed by atoms with Crippen molar-refractivity contribution in [1.29, 1.82) is 0 Å². The lowest BCUT2D eigenvalue weighted by Crippen LogP contribution is -2.28. The molecule has 1 unspecified atom stereocenters. The Morgan fingerprint density at radius 3 is 2.65 bits per heavy atom. The second-order valence-electron chi connectivity index (χ2n) is 4.42. The number of thiazole rings is 1. The van der Waals surface area contributed by atoms with E-state index in [0.717, 1.165) is 15.6 Å². The molecule has 3 N–H and O–H groups in total. The third-order valence-corrected chi connectivity index (χ3v) is 5.49. The molecule has 20 heavy (non-hydrogen) atoms. The highest BCUT2D eigenvalue weighted by Crippen LogP contribution is 2.26. The smallest absolute Gasteiger partial charge is 0.260 e. The van der Waals surface area contributed by atoms with Crippen LogP contribution in [0.3, 0.4) is 0 Å². The van der Waals surface area contributed by atoms with Crippen molar-refractivity contribution in [1.82, 2.24) is 14.7 Å². The third kappa shape index (κ3) is 2.97. The maximum atomic E-state index is 12.3. The number of aromatic nitrogens is 2. The zero-order valence-corrected chi connectivity index (χ0v) is 13.0. The molecule has 2 rings (SSSR count). The normalized spacial score (nSPS) is 13.3. The molecule has 2 aromatic rings. The van der Waals surface area contributed by atoms with Crippen molar-refractivity contribution in [3.8, 4) is 0 Å². The van der Waals surface area contributed by atoms with Gasteiger partial charge in [0.25, 0.3) is 10.0 Å². The molecule has 0 bridgehead atoms. The van der Waals surface area contributed by atoms with Gasteiger partial charge in [-0.1, -0.05) is 0 Å². The van der Waals surface area contributed by atoms with Crippen LogP contribution in [-0.4, -0.2) is 18.4 Å². The molecule has 0 aromatic carbocycles. The molecule has 1 atom stereocenters. The van der Waals surface area contributed by atoms with Gasteiger partial charge in [-0.2, -0.15) is 0 Å². The summed E-state index contributed by atoms with van der Waals surface area (Å²) in [6, 6.07) is 2.72. The number of nitrogens with one attached hydrogen (secondary N) is 1. The molecule has 6 nitrogen and oxygen atoms in total. The summed E-state index contributed by atoms with van der Waals surface area (Å²) in [7, 11) is -3.75. The summed E-state index contributed by atoms with van der Waals surface area (Å²) >= 11 is 1.47. The molecule has 2 aromatic heterocycles. The molecular formula is C12H16N4O2S2. The first kappa shape index (κ1) is 14.9. The maximum Gasteiger partial charge on any atom is 0.260 e. The molecule has 0 amide bonds. The molecule has 0 aliphatic rings. The van der Waals surface area contributed by atoms with E-state index in [4.69, 9.17) is 5.73 Å². The highest BCUT2D eigenvalue weighted by Gasteiger charge is 2.24. The van der Waals surface area contributed by atoms with E-state index in [9.17, 15) is 8.42 Å². The van der Waals surface area contributed by atoms with E-state index in [-0.39, 0.29) is 16.8 Å². The highest BCUT2D eigenvalue weighted by atomic mass is 32.2. The van der Waals surface area contributed by atoms with Crippen LogP contribution in [0.1, 0.15) is 28.5 Å². The van der Waals surface area contributed by atoms with Gasteiger partial charge in [-0.3, -0.25) is 0 Å². The van der Waals surface area contributed by atoms with Gasteiger partial charge in [0.15, 0.2) is 5.03 Å². The fraction of sp³-hybridized carbons (Fsp3) is 0.333. The van der Waals surface area contributed by atoms with Crippen LogP contribution in [0, 0.1) is 13.8 Å². The van der Waals surface area contributed by atoms with Crippen LogP contribution in [0.2, 0.25) is 0 Å². The summed E-state index contributed by atoms with van der Waals surface area (Å²) in [5, 5.41) is 0.756. The number of hydrogen-bond donors (Lipinski definition) is 2. The number of nitrogens with two attached hydrogens (primary N) is 1. The number of nitrogen functional groups attached to an aromatic ring is 1. The van der Waals surface area contributed by atoms with Crippen LogP contribution in [0.25, 0.3) is 0 Å². The lowest BCUT2D eigenvalue weighted by molar-refractivity contribution is 0.564. The zero-order valence-electron chi connectivity index (χ0n) is 11.4. The monoisotopic (exact) mass is 312 g/mol. The average molecular weight is 312 g/mol. The summed E-state index contributed by atoms with van der Waals surface area (Å²) < 4.78 is 27.2. The SMILES string of the molecule is Cc1nc(C)c(C(C)NS(=O)(=O)c2ncccc2N)s1. The summed E-state index contributed by atoms with van der Waals surface area (Å²) in [4.78, 5) is 9.02. The standard InChI is InChI=1S/C12H16N4O2S2/c1-7-11(19-9(3)15-7)8(2)16-20(17,18)12-10(13)5-4-6-14-12/h4-6,8,16H,13H2,1-3H3. The van der Waals surface area contributed by atoms with E-state index >= 15 is 0 Å². The largest absolute Gasteiger partial charge is 0.396 e. The summed E-state index contributed by atoms with van der Waals surface area (Å²) in [6.45, 7) is 5.52. The second-order valence-corrected chi connectivity index (χ2v) is 7.29. The van der Waals surface area contributed by atoms with Crippen molar-refractivity contribution < 1.29 is 8.42 Å². The Morgan fingerprint density at radius 1 is 1.40 bits per heavy atom. The minimum absolute atomic E-state index is 0.129. The predicted molar refractivity (Wildman–Crippen MR) is 79.0 cm³/mol. The van der Waals surface area contributed by atoms with Crippen molar-refractivity contribution in [3.63, 3.8) is 0 Å². The summed E-state index contributed by atoms with van der Waals surface area (Å²) in [6.07, 6.45) is 1.40. The molecule has 0 saturated heterocycles. The zero-order chi connectivity index (χ0) is 14.9. The van der Waals surface area contributed by atoms with E-state index < -0.39 is 10.0 Å². The van der Waals surface area contributed by atoms with Crippen molar-refractivity contribution in [2.45, 2.75) is 31.8 Å². The lowest BCUT2D eigenvalue weighted by atomic mass is 10.2. The van der Waals surface area contributed by atoms with Gasteiger partial charge in [-0.05, 0) is 32.9 Å². The molecule has 0 radical (unpaired) electrons. The van der Waals surface area contributed by atoms with Crippen molar-refractivity contribution in [2.75, 3.05) is 5.73 Å². The summed E-state index contributed by atoms with van der Waals surface area (Å²) in [5.74, 6) is 0.